The van der Waals surface area contributed by atoms with Crippen LogP contribution in [0.5, 0.6) is 0 Å². The maximum absolute atomic E-state index is 12.3. The number of hydrogen-bond donors (Lipinski definition) is 2. The third-order valence-electron chi connectivity index (χ3n) is 3.32. The summed E-state index contributed by atoms with van der Waals surface area (Å²) < 4.78 is 32.8. The Balaban J connectivity index is 2.11. The van der Waals surface area contributed by atoms with Crippen LogP contribution in [0.3, 0.4) is 0 Å². The second-order valence-electron chi connectivity index (χ2n) is 5.48. The molecule has 0 amide bonds. The highest BCUT2D eigenvalue weighted by Gasteiger charge is 2.42. The fraction of sp³-hybridized carbons (Fsp3) is 0.692. The van der Waals surface area contributed by atoms with Crippen molar-refractivity contribution in [2.24, 2.45) is 0 Å². The van der Waals surface area contributed by atoms with E-state index in [9.17, 15) is 8.42 Å². The summed E-state index contributed by atoms with van der Waals surface area (Å²) in [5.74, 6) is 1.11. The van der Waals surface area contributed by atoms with E-state index in [-0.39, 0.29) is 10.4 Å². The molecule has 1 aliphatic rings. The third kappa shape index (κ3) is 3.58. The van der Waals surface area contributed by atoms with Gasteiger partial charge >= 0.3 is 0 Å². The summed E-state index contributed by atoms with van der Waals surface area (Å²) in [4.78, 5) is 0.258. The predicted molar refractivity (Wildman–Crippen MR) is 73.4 cm³/mol. The molecule has 108 valence electrons. The van der Waals surface area contributed by atoms with Gasteiger partial charge in [0.1, 0.15) is 16.4 Å². The topological polar surface area (TPSA) is 71.3 Å². The lowest BCUT2D eigenvalue weighted by Crippen LogP contribution is -2.34. The van der Waals surface area contributed by atoms with Gasteiger partial charge in [0.15, 0.2) is 0 Å². The molecule has 1 saturated carbocycles. The van der Waals surface area contributed by atoms with Gasteiger partial charge in [0.25, 0.3) is 0 Å². The van der Waals surface area contributed by atoms with Gasteiger partial charge in [-0.15, -0.1) is 0 Å². The van der Waals surface area contributed by atoms with Crippen LogP contribution in [-0.4, -0.2) is 20.5 Å². The molecule has 0 aromatic carbocycles. The van der Waals surface area contributed by atoms with Gasteiger partial charge in [-0.25, -0.2) is 13.1 Å². The number of rotatable bonds is 7. The second kappa shape index (κ2) is 5.26. The highest BCUT2D eigenvalue weighted by atomic mass is 32.2. The van der Waals surface area contributed by atoms with Gasteiger partial charge < -0.3 is 9.73 Å². The van der Waals surface area contributed by atoms with Gasteiger partial charge in [0.2, 0.25) is 10.0 Å². The minimum absolute atomic E-state index is 0.258. The van der Waals surface area contributed by atoms with Crippen LogP contribution in [0.4, 0.5) is 0 Å². The Bertz CT molecular complexity index is 544. The lowest BCUT2D eigenvalue weighted by Gasteiger charge is -2.10. The van der Waals surface area contributed by atoms with Crippen molar-refractivity contribution < 1.29 is 12.8 Å². The molecule has 0 radical (unpaired) electrons. The standard InChI is InChI=1S/C13H22N2O3S/c1-4-7-14-9-11-8-12(10(2)18-11)19(16,17)15-13(3)5-6-13/h8,14-15H,4-7,9H2,1-3H3. The molecular formula is C13H22N2O3S. The highest BCUT2D eigenvalue weighted by molar-refractivity contribution is 7.89. The van der Waals surface area contributed by atoms with E-state index in [1.807, 2.05) is 6.92 Å². The molecule has 1 fully saturated rings. The Morgan fingerprint density at radius 1 is 1.42 bits per heavy atom. The van der Waals surface area contributed by atoms with Gasteiger partial charge in [-0.3, -0.25) is 0 Å². The average molecular weight is 286 g/mol. The molecule has 1 heterocycles. The van der Waals surface area contributed by atoms with Crippen LogP contribution in [0, 0.1) is 6.92 Å². The Morgan fingerprint density at radius 3 is 2.68 bits per heavy atom. The molecular weight excluding hydrogens is 264 g/mol. The summed E-state index contributed by atoms with van der Waals surface area (Å²) in [6.45, 7) is 7.13. The maximum atomic E-state index is 12.3. The molecule has 0 atom stereocenters. The van der Waals surface area contributed by atoms with Crippen LogP contribution in [0.2, 0.25) is 0 Å². The molecule has 6 heteroatoms. The van der Waals surface area contributed by atoms with Crippen molar-refractivity contribution in [3.8, 4) is 0 Å². The predicted octanol–water partition coefficient (Wildman–Crippen LogP) is 1.92. The maximum Gasteiger partial charge on any atom is 0.244 e. The molecule has 0 bridgehead atoms. The zero-order chi connectivity index (χ0) is 14.1. The van der Waals surface area contributed by atoms with Gasteiger partial charge in [0, 0.05) is 11.6 Å². The summed E-state index contributed by atoms with van der Waals surface area (Å²) in [6.07, 6.45) is 2.83. The van der Waals surface area contributed by atoms with Crippen LogP contribution in [0.25, 0.3) is 0 Å². The summed E-state index contributed by atoms with van der Waals surface area (Å²) in [6, 6.07) is 1.62. The third-order valence-corrected chi connectivity index (χ3v) is 5.07. The fourth-order valence-electron chi connectivity index (χ4n) is 1.94. The van der Waals surface area contributed by atoms with Gasteiger partial charge in [0.05, 0.1) is 6.54 Å². The lowest BCUT2D eigenvalue weighted by atomic mass is 10.4. The van der Waals surface area contributed by atoms with E-state index in [0.29, 0.717) is 18.1 Å². The van der Waals surface area contributed by atoms with E-state index in [1.165, 1.54) is 0 Å². The highest BCUT2D eigenvalue weighted by Crippen LogP contribution is 2.36. The molecule has 0 spiro atoms. The molecule has 0 aliphatic heterocycles. The summed E-state index contributed by atoms with van der Waals surface area (Å²) in [5.41, 5.74) is -0.261. The molecule has 5 nitrogen and oxygen atoms in total. The van der Waals surface area contributed by atoms with Crippen LogP contribution in [0.1, 0.15) is 44.6 Å². The average Bonchev–Trinajstić information content (AvgIpc) is 2.87. The van der Waals surface area contributed by atoms with Crippen molar-refractivity contribution in [1.82, 2.24) is 10.0 Å². The van der Waals surface area contributed by atoms with Crippen molar-refractivity contribution in [2.45, 2.75) is 57.0 Å². The zero-order valence-corrected chi connectivity index (χ0v) is 12.6. The Morgan fingerprint density at radius 2 is 2.11 bits per heavy atom. The molecule has 2 rings (SSSR count). The number of furan rings is 1. The van der Waals surface area contributed by atoms with Gasteiger partial charge in [-0.1, -0.05) is 6.92 Å². The number of nitrogens with one attached hydrogen (secondary N) is 2. The van der Waals surface area contributed by atoms with Crippen molar-refractivity contribution in [1.29, 1.82) is 0 Å². The van der Waals surface area contributed by atoms with E-state index in [1.54, 1.807) is 13.0 Å². The lowest BCUT2D eigenvalue weighted by molar-refractivity contribution is 0.457. The summed E-state index contributed by atoms with van der Waals surface area (Å²) in [5, 5.41) is 3.19. The van der Waals surface area contributed by atoms with Crippen molar-refractivity contribution >= 4 is 10.0 Å². The van der Waals surface area contributed by atoms with Gasteiger partial charge in [-0.2, -0.15) is 0 Å². The van der Waals surface area contributed by atoms with Crippen LogP contribution in [0.15, 0.2) is 15.4 Å². The van der Waals surface area contributed by atoms with Crippen LogP contribution < -0.4 is 10.0 Å². The Kier molecular flexibility index (Phi) is 4.03. The first-order chi connectivity index (χ1) is 8.86. The minimum atomic E-state index is -3.47. The van der Waals surface area contributed by atoms with Crippen molar-refractivity contribution in [3.05, 3.63) is 17.6 Å². The molecule has 2 N–H and O–H groups in total. The monoisotopic (exact) mass is 286 g/mol. The smallest absolute Gasteiger partial charge is 0.244 e. The van der Waals surface area contributed by atoms with Crippen molar-refractivity contribution in [2.75, 3.05) is 6.54 Å². The van der Waals surface area contributed by atoms with E-state index in [0.717, 1.165) is 25.8 Å². The molecule has 0 saturated heterocycles. The van der Waals surface area contributed by atoms with E-state index < -0.39 is 10.0 Å². The normalized spacial score (nSPS) is 17.6. The first-order valence-corrected chi connectivity index (χ1v) is 8.19. The summed E-state index contributed by atoms with van der Waals surface area (Å²) >= 11 is 0. The molecule has 1 aromatic rings. The number of sulfonamides is 1. The number of hydrogen-bond acceptors (Lipinski definition) is 4. The van der Waals surface area contributed by atoms with Crippen molar-refractivity contribution in [3.63, 3.8) is 0 Å². The van der Waals surface area contributed by atoms with Crippen LogP contribution in [-0.2, 0) is 16.6 Å². The first kappa shape index (κ1) is 14.6. The molecule has 19 heavy (non-hydrogen) atoms. The zero-order valence-electron chi connectivity index (χ0n) is 11.7. The van der Waals surface area contributed by atoms with Crippen LogP contribution >= 0.6 is 0 Å². The molecule has 1 aromatic heterocycles. The Labute approximate surface area is 114 Å². The molecule has 0 unspecified atom stereocenters. The van der Waals surface area contributed by atoms with E-state index in [4.69, 9.17) is 4.42 Å². The first-order valence-electron chi connectivity index (χ1n) is 6.70. The number of aryl methyl sites for hydroxylation is 1. The second-order valence-corrected chi connectivity index (χ2v) is 7.13. The SMILES string of the molecule is CCCNCc1cc(S(=O)(=O)NC2(C)CC2)c(C)o1. The largest absolute Gasteiger partial charge is 0.464 e. The van der Waals surface area contributed by atoms with E-state index in [2.05, 4.69) is 17.0 Å². The quantitative estimate of drug-likeness (QED) is 0.751. The fourth-order valence-corrected chi connectivity index (χ4v) is 3.60. The minimum Gasteiger partial charge on any atom is -0.464 e. The Hall–Kier alpha value is -0.850. The van der Waals surface area contributed by atoms with E-state index >= 15 is 0 Å². The van der Waals surface area contributed by atoms with Gasteiger partial charge in [-0.05, 0) is 39.7 Å². The summed E-state index contributed by atoms with van der Waals surface area (Å²) in [7, 11) is -3.47. The molecule has 1 aliphatic carbocycles.